The molecule has 8 heteroatoms. The summed E-state index contributed by atoms with van der Waals surface area (Å²) in [6, 6.07) is 0. The number of hydrogen-bond donors (Lipinski definition) is 4. The van der Waals surface area contributed by atoms with Gasteiger partial charge in [0.25, 0.3) is 6.47 Å². The van der Waals surface area contributed by atoms with Crippen LogP contribution in [0.4, 0.5) is 4.79 Å². The van der Waals surface area contributed by atoms with Gasteiger partial charge in [0.15, 0.2) is 0 Å². The van der Waals surface area contributed by atoms with Crippen LogP contribution in [-0.4, -0.2) is 55.2 Å². The molecule has 2 heterocycles. The van der Waals surface area contributed by atoms with Gasteiger partial charge in [0, 0.05) is 13.2 Å². The van der Waals surface area contributed by atoms with Crippen molar-refractivity contribution in [1.29, 1.82) is 0 Å². The van der Waals surface area contributed by atoms with Crippen LogP contribution in [0.1, 0.15) is 12.8 Å². The standard InChI is InChI=1S/C6H10O2.CH3NO2.CH5N.CH2O2/c1-3-7-6-2-4-8-5(1)6;2-1(3)4;1-2;2-1-3/h5-6H,1-4H2;2H2,(H,3,4);2H2,1H3;1H,(H,2,3)/t5-,6-;;;/m1.../s1. The van der Waals surface area contributed by atoms with E-state index >= 15 is 0 Å². The Morgan fingerprint density at radius 3 is 1.71 bits per heavy atom. The van der Waals surface area contributed by atoms with Crippen LogP contribution in [0.2, 0.25) is 0 Å². The van der Waals surface area contributed by atoms with Gasteiger partial charge in [-0.25, -0.2) is 4.79 Å². The molecule has 0 radical (unpaired) electrons. The molecule has 0 aromatic carbocycles. The molecule has 2 fully saturated rings. The van der Waals surface area contributed by atoms with E-state index < -0.39 is 6.09 Å². The normalized spacial score (nSPS) is 23.6. The van der Waals surface area contributed by atoms with Gasteiger partial charge in [-0.3, -0.25) is 4.79 Å². The highest BCUT2D eigenvalue weighted by atomic mass is 16.6. The van der Waals surface area contributed by atoms with Gasteiger partial charge in [-0.15, -0.1) is 0 Å². The number of amides is 1. The van der Waals surface area contributed by atoms with Crippen molar-refractivity contribution in [2.45, 2.75) is 25.0 Å². The average molecular weight is 252 g/mol. The van der Waals surface area contributed by atoms with Gasteiger partial charge < -0.3 is 31.2 Å². The zero-order chi connectivity index (χ0) is 13.7. The van der Waals surface area contributed by atoms with Crippen LogP contribution < -0.4 is 11.5 Å². The van der Waals surface area contributed by atoms with E-state index in [2.05, 4.69) is 11.5 Å². The fraction of sp³-hybridized carbons (Fsp3) is 0.778. The Hall–Kier alpha value is -1.38. The second-order valence-corrected chi connectivity index (χ2v) is 2.84. The molecule has 0 aromatic heterocycles. The molecule has 0 aliphatic carbocycles. The van der Waals surface area contributed by atoms with Crippen molar-refractivity contribution >= 4 is 12.6 Å². The van der Waals surface area contributed by atoms with Gasteiger partial charge in [-0.1, -0.05) is 0 Å². The Bertz CT molecular complexity index is 178. The number of carboxylic acid groups (broad SMARTS) is 2. The number of hydrogen-bond acceptors (Lipinski definition) is 5. The van der Waals surface area contributed by atoms with Crippen molar-refractivity contribution in [3.8, 4) is 0 Å². The molecule has 0 saturated carbocycles. The van der Waals surface area contributed by atoms with Crippen LogP contribution in [0.5, 0.6) is 0 Å². The maximum absolute atomic E-state index is 8.78. The summed E-state index contributed by atoms with van der Waals surface area (Å²) in [4.78, 5) is 17.1. The van der Waals surface area contributed by atoms with E-state index in [1.165, 1.54) is 7.05 Å². The van der Waals surface area contributed by atoms with Crippen LogP contribution >= 0.6 is 0 Å². The third-order valence-electron chi connectivity index (χ3n) is 1.88. The topological polar surface area (TPSA) is 145 Å². The van der Waals surface area contributed by atoms with Crippen LogP contribution in [0.3, 0.4) is 0 Å². The van der Waals surface area contributed by atoms with Crippen molar-refractivity contribution in [3.63, 3.8) is 0 Å². The van der Waals surface area contributed by atoms with Crippen LogP contribution in [0.15, 0.2) is 0 Å². The van der Waals surface area contributed by atoms with E-state index in [4.69, 9.17) is 29.3 Å². The predicted molar refractivity (Wildman–Crippen MR) is 59.7 cm³/mol. The molecule has 6 N–H and O–H groups in total. The molecule has 1 amide bonds. The molecule has 0 aromatic rings. The lowest BCUT2D eigenvalue weighted by atomic mass is 10.2. The first kappa shape index (κ1) is 18.0. The summed E-state index contributed by atoms with van der Waals surface area (Å²) in [6.07, 6.45) is 1.81. The van der Waals surface area contributed by atoms with E-state index in [0.717, 1.165) is 26.1 Å². The Morgan fingerprint density at radius 2 is 1.47 bits per heavy atom. The summed E-state index contributed by atoms with van der Waals surface area (Å²) in [5, 5.41) is 14.1. The summed E-state index contributed by atoms with van der Waals surface area (Å²) < 4.78 is 10.7. The fourth-order valence-corrected chi connectivity index (χ4v) is 1.42. The smallest absolute Gasteiger partial charge is 0.402 e. The summed E-state index contributed by atoms with van der Waals surface area (Å²) in [5.41, 5.74) is 8.53. The molecule has 2 atom stereocenters. The maximum atomic E-state index is 8.78. The lowest BCUT2D eigenvalue weighted by Crippen LogP contribution is -2.13. The Kier molecular flexibility index (Phi) is 13.4. The van der Waals surface area contributed by atoms with Crippen LogP contribution in [0.25, 0.3) is 0 Å². The summed E-state index contributed by atoms with van der Waals surface area (Å²) in [7, 11) is 1.50. The maximum Gasteiger partial charge on any atom is 0.402 e. The fourth-order valence-electron chi connectivity index (χ4n) is 1.42. The number of fused-ring (bicyclic) bond motifs is 1. The molecular weight excluding hydrogens is 232 g/mol. The quantitative estimate of drug-likeness (QED) is 0.423. The first-order chi connectivity index (χ1) is 8.11. The van der Waals surface area contributed by atoms with Crippen molar-refractivity contribution in [3.05, 3.63) is 0 Å². The van der Waals surface area contributed by atoms with Gasteiger partial charge in [-0.05, 0) is 19.9 Å². The zero-order valence-corrected chi connectivity index (χ0v) is 9.74. The molecule has 2 aliphatic heterocycles. The molecule has 2 aliphatic rings. The third-order valence-corrected chi connectivity index (χ3v) is 1.88. The number of rotatable bonds is 0. The van der Waals surface area contributed by atoms with E-state index in [0.29, 0.717) is 12.2 Å². The van der Waals surface area contributed by atoms with E-state index in [1.807, 2.05) is 0 Å². The van der Waals surface area contributed by atoms with Crippen LogP contribution in [0, 0.1) is 0 Å². The lowest BCUT2D eigenvalue weighted by Gasteiger charge is -2.03. The summed E-state index contributed by atoms with van der Waals surface area (Å²) >= 11 is 0. The number of nitrogens with two attached hydrogens (primary N) is 2. The highest BCUT2D eigenvalue weighted by Gasteiger charge is 2.33. The van der Waals surface area contributed by atoms with Crippen molar-refractivity contribution in [2.75, 3.05) is 20.3 Å². The van der Waals surface area contributed by atoms with Crippen LogP contribution in [-0.2, 0) is 14.3 Å². The Labute approximate surface area is 99.5 Å². The molecule has 2 rings (SSSR count). The monoisotopic (exact) mass is 252 g/mol. The molecule has 2 saturated heterocycles. The average Bonchev–Trinajstić information content (AvgIpc) is 2.82. The summed E-state index contributed by atoms with van der Waals surface area (Å²) in [6.45, 7) is 1.57. The molecule has 0 spiro atoms. The van der Waals surface area contributed by atoms with Gasteiger partial charge in [0.1, 0.15) is 0 Å². The first-order valence-electron chi connectivity index (χ1n) is 4.99. The molecule has 102 valence electrons. The zero-order valence-electron chi connectivity index (χ0n) is 9.74. The van der Waals surface area contributed by atoms with E-state index in [1.54, 1.807) is 0 Å². The predicted octanol–water partition coefficient (Wildman–Crippen LogP) is -0.537. The first-order valence-corrected chi connectivity index (χ1v) is 4.99. The Morgan fingerprint density at radius 1 is 1.24 bits per heavy atom. The summed E-state index contributed by atoms with van der Waals surface area (Å²) in [5.74, 6) is 0. The molecule has 0 bridgehead atoms. The minimum Gasteiger partial charge on any atom is -0.483 e. The molecule has 0 unspecified atom stereocenters. The molecular formula is C9H20N2O6. The van der Waals surface area contributed by atoms with Gasteiger partial charge in [-0.2, -0.15) is 0 Å². The van der Waals surface area contributed by atoms with E-state index in [9.17, 15) is 0 Å². The minimum absolute atomic E-state index is 0.250. The number of carbonyl (C=O) groups is 2. The Balaban J connectivity index is 0. The van der Waals surface area contributed by atoms with Gasteiger partial charge >= 0.3 is 6.09 Å². The van der Waals surface area contributed by atoms with Gasteiger partial charge in [0.2, 0.25) is 0 Å². The lowest BCUT2D eigenvalue weighted by molar-refractivity contribution is -0.122. The van der Waals surface area contributed by atoms with Crippen molar-refractivity contribution in [1.82, 2.24) is 0 Å². The second-order valence-electron chi connectivity index (χ2n) is 2.84. The second kappa shape index (κ2) is 12.7. The SMILES string of the molecule is C1C[C@H]2OCC[C@H]2O1.CN.NC(=O)O.O=CO. The number of primary amides is 1. The van der Waals surface area contributed by atoms with Crippen molar-refractivity contribution in [2.24, 2.45) is 11.5 Å². The van der Waals surface area contributed by atoms with E-state index in [-0.39, 0.29) is 6.47 Å². The third kappa shape index (κ3) is 10.9. The van der Waals surface area contributed by atoms with Gasteiger partial charge in [0.05, 0.1) is 12.2 Å². The highest BCUT2D eigenvalue weighted by Crippen LogP contribution is 2.25. The molecule has 8 nitrogen and oxygen atoms in total. The minimum atomic E-state index is -1.33. The van der Waals surface area contributed by atoms with Crippen molar-refractivity contribution < 1.29 is 29.3 Å². The number of ether oxygens (including phenoxy) is 2. The largest absolute Gasteiger partial charge is 0.483 e. The highest BCUT2D eigenvalue weighted by molar-refractivity contribution is 5.61. The molecule has 17 heavy (non-hydrogen) atoms.